The van der Waals surface area contributed by atoms with Crippen molar-refractivity contribution in [1.82, 2.24) is 9.55 Å². The molecule has 0 aliphatic carbocycles. The molecule has 0 aliphatic heterocycles. The highest BCUT2D eigenvalue weighted by Crippen LogP contribution is 2.24. The maximum atomic E-state index is 9.95. The van der Waals surface area contributed by atoms with E-state index in [0.717, 1.165) is 28.8 Å². The lowest BCUT2D eigenvalue weighted by atomic mass is 9.98. The molecule has 1 N–H and O–H groups in total. The van der Waals surface area contributed by atoms with E-state index >= 15 is 0 Å². The maximum Gasteiger partial charge on any atom is 0.109 e. The number of imidazole rings is 1. The molecule has 0 saturated carbocycles. The monoisotopic (exact) mass is 218 g/mol. The lowest BCUT2D eigenvalue weighted by Crippen LogP contribution is -2.15. The summed E-state index contributed by atoms with van der Waals surface area (Å²) in [6, 6.07) is 5.95. The van der Waals surface area contributed by atoms with E-state index in [9.17, 15) is 5.11 Å². The number of aryl methyl sites for hydroxylation is 2. The molecule has 0 radical (unpaired) electrons. The van der Waals surface area contributed by atoms with E-state index in [-0.39, 0.29) is 0 Å². The molecule has 0 atom stereocenters. The van der Waals surface area contributed by atoms with Gasteiger partial charge in [0.25, 0.3) is 0 Å². The molecule has 0 amide bonds. The van der Waals surface area contributed by atoms with Gasteiger partial charge < -0.3 is 9.67 Å². The summed E-state index contributed by atoms with van der Waals surface area (Å²) in [4.78, 5) is 4.56. The van der Waals surface area contributed by atoms with E-state index in [0.29, 0.717) is 0 Å². The number of rotatable bonds is 2. The quantitative estimate of drug-likeness (QED) is 0.840. The molecule has 2 rings (SSSR count). The topological polar surface area (TPSA) is 38.1 Å². The zero-order valence-electron chi connectivity index (χ0n) is 10.3. The van der Waals surface area contributed by atoms with Crippen molar-refractivity contribution in [2.24, 2.45) is 7.05 Å². The third kappa shape index (κ3) is 1.71. The van der Waals surface area contributed by atoms with E-state index < -0.39 is 5.60 Å². The first-order valence-corrected chi connectivity index (χ1v) is 5.61. The molecule has 16 heavy (non-hydrogen) atoms. The molecular weight excluding hydrogens is 200 g/mol. The second-order valence-electron chi connectivity index (χ2n) is 4.70. The van der Waals surface area contributed by atoms with Crippen LogP contribution in [0.1, 0.15) is 32.2 Å². The van der Waals surface area contributed by atoms with E-state index in [2.05, 4.69) is 16.5 Å². The highest BCUT2D eigenvalue weighted by atomic mass is 16.3. The Bertz CT molecular complexity index is 520. The van der Waals surface area contributed by atoms with Crippen molar-refractivity contribution in [2.75, 3.05) is 0 Å². The molecule has 1 heterocycles. The standard InChI is InChI=1S/C13H18N2O/c1-5-12-14-10-8-9(13(2,3)16)6-7-11(10)15(12)4/h6-8,16H,5H2,1-4H3. The third-order valence-electron chi connectivity index (χ3n) is 3.00. The largest absolute Gasteiger partial charge is 0.386 e. The van der Waals surface area contributed by atoms with Crippen molar-refractivity contribution < 1.29 is 5.11 Å². The molecule has 0 unspecified atom stereocenters. The van der Waals surface area contributed by atoms with Crippen molar-refractivity contribution in [3.05, 3.63) is 29.6 Å². The van der Waals surface area contributed by atoms with Crippen LogP contribution >= 0.6 is 0 Å². The summed E-state index contributed by atoms with van der Waals surface area (Å²) in [7, 11) is 2.03. The normalized spacial score (nSPS) is 12.3. The zero-order chi connectivity index (χ0) is 11.9. The van der Waals surface area contributed by atoms with E-state index in [1.807, 2.05) is 25.2 Å². The Hall–Kier alpha value is -1.35. The predicted molar refractivity (Wildman–Crippen MR) is 65.3 cm³/mol. The number of fused-ring (bicyclic) bond motifs is 1. The zero-order valence-corrected chi connectivity index (χ0v) is 10.3. The minimum atomic E-state index is -0.807. The van der Waals surface area contributed by atoms with Gasteiger partial charge in [-0.25, -0.2) is 4.98 Å². The van der Waals surface area contributed by atoms with E-state index in [1.54, 1.807) is 13.8 Å². The molecule has 86 valence electrons. The van der Waals surface area contributed by atoms with Gasteiger partial charge in [-0.2, -0.15) is 0 Å². The van der Waals surface area contributed by atoms with Gasteiger partial charge >= 0.3 is 0 Å². The Kier molecular flexibility index (Phi) is 2.50. The van der Waals surface area contributed by atoms with Crippen LogP contribution in [0.25, 0.3) is 11.0 Å². The smallest absolute Gasteiger partial charge is 0.109 e. The Balaban J connectivity index is 2.64. The van der Waals surface area contributed by atoms with Gasteiger partial charge in [-0.1, -0.05) is 13.0 Å². The predicted octanol–water partition coefficient (Wildman–Crippen LogP) is 2.36. The van der Waals surface area contributed by atoms with Gasteiger partial charge in [0.1, 0.15) is 5.82 Å². The van der Waals surface area contributed by atoms with Crippen molar-refractivity contribution in [3.63, 3.8) is 0 Å². The molecule has 0 bridgehead atoms. The van der Waals surface area contributed by atoms with Gasteiger partial charge in [-0.3, -0.25) is 0 Å². The van der Waals surface area contributed by atoms with Crippen molar-refractivity contribution in [2.45, 2.75) is 32.8 Å². The summed E-state index contributed by atoms with van der Waals surface area (Å²) in [6.07, 6.45) is 0.920. The average molecular weight is 218 g/mol. The second-order valence-corrected chi connectivity index (χ2v) is 4.70. The number of hydrogen-bond acceptors (Lipinski definition) is 2. The van der Waals surface area contributed by atoms with Crippen LogP contribution < -0.4 is 0 Å². The Morgan fingerprint density at radius 1 is 1.38 bits per heavy atom. The summed E-state index contributed by atoms with van der Waals surface area (Å²) in [5.74, 6) is 1.07. The molecule has 0 saturated heterocycles. The fourth-order valence-electron chi connectivity index (χ4n) is 1.95. The average Bonchev–Trinajstić information content (AvgIpc) is 2.54. The van der Waals surface area contributed by atoms with Crippen LogP contribution in [0.5, 0.6) is 0 Å². The fourth-order valence-corrected chi connectivity index (χ4v) is 1.95. The number of hydrogen-bond donors (Lipinski definition) is 1. The van der Waals surface area contributed by atoms with Gasteiger partial charge in [-0.15, -0.1) is 0 Å². The first-order valence-electron chi connectivity index (χ1n) is 5.61. The van der Waals surface area contributed by atoms with Gasteiger partial charge in [0.15, 0.2) is 0 Å². The second kappa shape index (κ2) is 3.59. The number of nitrogens with zero attached hydrogens (tertiary/aromatic N) is 2. The van der Waals surface area contributed by atoms with Crippen LogP contribution in [0.2, 0.25) is 0 Å². The number of aromatic nitrogens is 2. The molecule has 1 aromatic heterocycles. The molecule has 0 aliphatic rings. The Morgan fingerprint density at radius 2 is 2.06 bits per heavy atom. The van der Waals surface area contributed by atoms with Crippen molar-refractivity contribution >= 4 is 11.0 Å². The first kappa shape index (κ1) is 11.1. The minimum Gasteiger partial charge on any atom is -0.386 e. The minimum absolute atomic E-state index is 0.807. The molecule has 2 aromatic rings. The van der Waals surface area contributed by atoms with Crippen molar-refractivity contribution in [1.29, 1.82) is 0 Å². The van der Waals surface area contributed by atoms with Gasteiger partial charge in [0, 0.05) is 13.5 Å². The molecule has 0 fully saturated rings. The van der Waals surface area contributed by atoms with Crippen LogP contribution in [0, 0.1) is 0 Å². The third-order valence-corrected chi connectivity index (χ3v) is 3.00. The van der Waals surface area contributed by atoms with Crippen molar-refractivity contribution in [3.8, 4) is 0 Å². The fraction of sp³-hybridized carbons (Fsp3) is 0.462. The Labute approximate surface area is 95.7 Å². The van der Waals surface area contributed by atoms with Crippen LogP contribution in [-0.2, 0) is 19.1 Å². The van der Waals surface area contributed by atoms with E-state index in [4.69, 9.17) is 0 Å². The van der Waals surface area contributed by atoms with Gasteiger partial charge in [-0.05, 0) is 31.5 Å². The maximum absolute atomic E-state index is 9.95. The molecule has 1 aromatic carbocycles. The highest BCUT2D eigenvalue weighted by Gasteiger charge is 2.17. The van der Waals surface area contributed by atoms with Gasteiger partial charge in [0.2, 0.25) is 0 Å². The van der Waals surface area contributed by atoms with Crippen LogP contribution in [0.3, 0.4) is 0 Å². The summed E-state index contributed by atoms with van der Waals surface area (Å²) < 4.78 is 2.10. The van der Waals surface area contributed by atoms with Crippen LogP contribution in [-0.4, -0.2) is 14.7 Å². The summed E-state index contributed by atoms with van der Waals surface area (Å²) >= 11 is 0. The van der Waals surface area contributed by atoms with Gasteiger partial charge in [0.05, 0.1) is 16.6 Å². The number of aliphatic hydroxyl groups is 1. The first-order chi connectivity index (χ1) is 7.43. The Morgan fingerprint density at radius 3 is 2.62 bits per heavy atom. The molecular formula is C13H18N2O. The lowest BCUT2D eigenvalue weighted by molar-refractivity contribution is 0.0787. The SMILES string of the molecule is CCc1nc2cc(C(C)(C)O)ccc2n1C. The van der Waals surface area contributed by atoms with E-state index in [1.165, 1.54) is 0 Å². The molecule has 3 heteroatoms. The summed E-state index contributed by atoms with van der Waals surface area (Å²) in [5.41, 5.74) is 2.17. The van der Waals surface area contributed by atoms with Crippen LogP contribution in [0.15, 0.2) is 18.2 Å². The summed E-state index contributed by atoms with van der Waals surface area (Å²) in [6.45, 7) is 5.67. The summed E-state index contributed by atoms with van der Waals surface area (Å²) in [5, 5.41) is 9.95. The molecule has 0 spiro atoms. The highest BCUT2D eigenvalue weighted by molar-refractivity contribution is 5.77. The van der Waals surface area contributed by atoms with Crippen LogP contribution in [0.4, 0.5) is 0 Å². The molecule has 3 nitrogen and oxygen atoms in total. The lowest BCUT2D eigenvalue weighted by Gasteiger charge is -2.17. The number of benzene rings is 1.